The minimum atomic E-state index is 0.453. The summed E-state index contributed by atoms with van der Waals surface area (Å²) in [5.74, 6) is 1.55. The highest BCUT2D eigenvalue weighted by Crippen LogP contribution is 2.35. The molecule has 3 atom stereocenters. The average Bonchev–Trinajstić information content (AvgIpc) is 3.02. The van der Waals surface area contributed by atoms with E-state index in [4.69, 9.17) is 4.74 Å². The summed E-state index contributed by atoms with van der Waals surface area (Å²) in [4.78, 5) is 6.76. The maximum Gasteiger partial charge on any atom is 0.118 e. The molecule has 2 aromatic rings. The first kappa shape index (κ1) is 17.9. The van der Waals surface area contributed by atoms with Gasteiger partial charge < -0.3 is 10.1 Å². The summed E-state index contributed by atoms with van der Waals surface area (Å²) in [5.41, 5.74) is 2.67. The van der Waals surface area contributed by atoms with Gasteiger partial charge in [0, 0.05) is 31.0 Å². The van der Waals surface area contributed by atoms with Crippen molar-refractivity contribution in [2.45, 2.75) is 31.8 Å². The van der Waals surface area contributed by atoms with Crippen LogP contribution in [0, 0.1) is 5.92 Å². The molecule has 4 heteroatoms. The van der Waals surface area contributed by atoms with Crippen LogP contribution >= 0.6 is 0 Å². The highest BCUT2D eigenvalue weighted by atomic mass is 16.5. The van der Waals surface area contributed by atoms with E-state index in [1.165, 1.54) is 17.5 Å². The molecule has 25 heavy (non-hydrogen) atoms. The standard InChI is InChI=1S/C21H29N3O/c1-16(13-17-6-8-20(25-3)9-7-17)23-15-19-10-12-24(2)21(19)18-5-4-11-22-14-18/h4-9,11,14,16,19,21,23H,10,12-13,15H2,1-3H3/t16-,19+,21+/m1/s1. The van der Waals surface area contributed by atoms with Crippen LogP contribution in [0.25, 0.3) is 0 Å². The smallest absolute Gasteiger partial charge is 0.118 e. The van der Waals surface area contributed by atoms with Gasteiger partial charge in [0.05, 0.1) is 7.11 Å². The SMILES string of the molecule is COc1ccc(C[C@@H](C)NC[C@@H]2CCN(C)[C@H]2c2cccnc2)cc1. The zero-order chi connectivity index (χ0) is 17.6. The highest BCUT2D eigenvalue weighted by Gasteiger charge is 2.32. The number of benzene rings is 1. The van der Waals surface area contributed by atoms with Crippen molar-refractivity contribution in [1.82, 2.24) is 15.2 Å². The fourth-order valence-electron chi connectivity index (χ4n) is 3.86. The Labute approximate surface area is 151 Å². The lowest BCUT2D eigenvalue weighted by molar-refractivity contribution is 0.268. The fourth-order valence-corrected chi connectivity index (χ4v) is 3.86. The number of rotatable bonds is 7. The van der Waals surface area contributed by atoms with Crippen molar-refractivity contribution in [3.8, 4) is 5.75 Å². The van der Waals surface area contributed by atoms with Crippen molar-refractivity contribution in [3.63, 3.8) is 0 Å². The Morgan fingerprint density at radius 1 is 1.28 bits per heavy atom. The van der Waals surface area contributed by atoms with Gasteiger partial charge in [-0.15, -0.1) is 0 Å². The number of ether oxygens (including phenoxy) is 1. The second kappa shape index (κ2) is 8.45. The lowest BCUT2D eigenvalue weighted by Gasteiger charge is -2.26. The molecular weight excluding hydrogens is 310 g/mol. The van der Waals surface area contributed by atoms with Gasteiger partial charge in [-0.25, -0.2) is 0 Å². The molecule has 0 saturated carbocycles. The number of nitrogens with one attached hydrogen (secondary N) is 1. The Kier molecular flexibility index (Phi) is 6.05. The summed E-state index contributed by atoms with van der Waals surface area (Å²) < 4.78 is 5.23. The van der Waals surface area contributed by atoms with E-state index in [2.05, 4.69) is 47.4 Å². The van der Waals surface area contributed by atoms with Crippen LogP contribution in [0.2, 0.25) is 0 Å². The molecule has 0 aliphatic carbocycles. The summed E-state index contributed by atoms with van der Waals surface area (Å²) in [5, 5.41) is 3.74. The first-order valence-corrected chi connectivity index (χ1v) is 9.14. The number of hydrogen-bond acceptors (Lipinski definition) is 4. The second-order valence-corrected chi connectivity index (χ2v) is 7.12. The van der Waals surface area contributed by atoms with Gasteiger partial charge in [0.15, 0.2) is 0 Å². The van der Waals surface area contributed by atoms with Gasteiger partial charge >= 0.3 is 0 Å². The average molecular weight is 339 g/mol. The molecule has 1 aromatic heterocycles. The Bertz CT molecular complexity index is 644. The number of likely N-dealkylation sites (tertiary alicyclic amines) is 1. The van der Waals surface area contributed by atoms with E-state index >= 15 is 0 Å². The minimum absolute atomic E-state index is 0.453. The largest absolute Gasteiger partial charge is 0.497 e. The minimum Gasteiger partial charge on any atom is -0.497 e. The van der Waals surface area contributed by atoms with E-state index in [1.807, 2.05) is 30.6 Å². The zero-order valence-corrected chi connectivity index (χ0v) is 15.5. The normalized spacial score (nSPS) is 22.0. The van der Waals surface area contributed by atoms with E-state index in [1.54, 1.807) is 7.11 Å². The summed E-state index contributed by atoms with van der Waals surface area (Å²) in [6.07, 6.45) is 6.13. The van der Waals surface area contributed by atoms with Gasteiger partial charge in [-0.05, 0) is 68.6 Å². The number of pyridine rings is 1. The molecule has 4 nitrogen and oxygen atoms in total. The highest BCUT2D eigenvalue weighted by molar-refractivity contribution is 5.27. The fraction of sp³-hybridized carbons (Fsp3) is 0.476. The van der Waals surface area contributed by atoms with Crippen LogP contribution in [0.15, 0.2) is 48.8 Å². The molecule has 1 aliphatic heterocycles. The first-order chi connectivity index (χ1) is 12.2. The molecule has 1 aromatic carbocycles. The van der Waals surface area contributed by atoms with Gasteiger partial charge in [-0.3, -0.25) is 9.88 Å². The van der Waals surface area contributed by atoms with Gasteiger partial charge in [0.1, 0.15) is 5.75 Å². The number of nitrogens with zero attached hydrogens (tertiary/aromatic N) is 2. The van der Waals surface area contributed by atoms with Crippen molar-refractivity contribution in [1.29, 1.82) is 0 Å². The molecule has 0 radical (unpaired) electrons. The molecule has 0 bridgehead atoms. The Hall–Kier alpha value is -1.91. The first-order valence-electron chi connectivity index (χ1n) is 9.14. The number of hydrogen-bond donors (Lipinski definition) is 1. The maximum absolute atomic E-state index is 5.23. The van der Waals surface area contributed by atoms with Crippen molar-refractivity contribution in [2.24, 2.45) is 5.92 Å². The molecule has 3 rings (SSSR count). The number of aromatic nitrogens is 1. The van der Waals surface area contributed by atoms with Crippen molar-refractivity contribution in [2.75, 3.05) is 27.2 Å². The van der Waals surface area contributed by atoms with Crippen LogP contribution in [0.4, 0.5) is 0 Å². The molecule has 0 amide bonds. The number of methoxy groups -OCH3 is 1. The molecular formula is C21H29N3O. The van der Waals surface area contributed by atoms with Gasteiger partial charge in [0.2, 0.25) is 0 Å². The van der Waals surface area contributed by atoms with Crippen LogP contribution < -0.4 is 10.1 Å². The lowest BCUT2D eigenvalue weighted by Crippen LogP contribution is -2.35. The van der Waals surface area contributed by atoms with E-state index in [-0.39, 0.29) is 0 Å². The van der Waals surface area contributed by atoms with Crippen LogP contribution in [-0.2, 0) is 6.42 Å². The molecule has 1 N–H and O–H groups in total. The predicted molar refractivity (Wildman–Crippen MR) is 102 cm³/mol. The Balaban J connectivity index is 1.54. The molecule has 1 saturated heterocycles. The van der Waals surface area contributed by atoms with E-state index in [9.17, 15) is 0 Å². The molecule has 0 spiro atoms. The summed E-state index contributed by atoms with van der Waals surface area (Å²) in [6.45, 7) is 4.46. The van der Waals surface area contributed by atoms with Gasteiger partial charge in [-0.2, -0.15) is 0 Å². The third-order valence-electron chi connectivity index (χ3n) is 5.23. The van der Waals surface area contributed by atoms with Crippen molar-refractivity contribution in [3.05, 3.63) is 59.9 Å². The summed E-state index contributed by atoms with van der Waals surface area (Å²) in [6, 6.07) is 13.5. The van der Waals surface area contributed by atoms with E-state index in [0.717, 1.165) is 25.3 Å². The second-order valence-electron chi connectivity index (χ2n) is 7.12. The Morgan fingerprint density at radius 2 is 2.08 bits per heavy atom. The Morgan fingerprint density at radius 3 is 2.76 bits per heavy atom. The van der Waals surface area contributed by atoms with Gasteiger partial charge in [0.25, 0.3) is 0 Å². The van der Waals surface area contributed by atoms with Crippen LogP contribution in [-0.4, -0.2) is 43.2 Å². The molecule has 134 valence electrons. The quantitative estimate of drug-likeness (QED) is 0.840. The topological polar surface area (TPSA) is 37.4 Å². The van der Waals surface area contributed by atoms with Crippen molar-refractivity contribution < 1.29 is 4.74 Å². The third kappa shape index (κ3) is 4.59. The molecule has 2 heterocycles. The molecule has 0 unspecified atom stereocenters. The summed E-state index contributed by atoms with van der Waals surface area (Å²) >= 11 is 0. The zero-order valence-electron chi connectivity index (χ0n) is 15.5. The van der Waals surface area contributed by atoms with Gasteiger partial charge in [-0.1, -0.05) is 18.2 Å². The van der Waals surface area contributed by atoms with Crippen LogP contribution in [0.3, 0.4) is 0 Å². The van der Waals surface area contributed by atoms with Crippen LogP contribution in [0.1, 0.15) is 30.5 Å². The van der Waals surface area contributed by atoms with Crippen molar-refractivity contribution >= 4 is 0 Å². The van der Waals surface area contributed by atoms with E-state index < -0.39 is 0 Å². The van der Waals surface area contributed by atoms with Crippen LogP contribution in [0.5, 0.6) is 5.75 Å². The molecule has 1 aliphatic rings. The predicted octanol–water partition coefficient (Wildman–Crippen LogP) is 3.30. The maximum atomic E-state index is 5.23. The third-order valence-corrected chi connectivity index (χ3v) is 5.23. The summed E-state index contributed by atoms with van der Waals surface area (Å²) in [7, 11) is 3.93. The van der Waals surface area contributed by atoms with E-state index in [0.29, 0.717) is 18.0 Å². The molecule has 1 fully saturated rings. The lowest BCUT2D eigenvalue weighted by atomic mass is 9.94. The monoisotopic (exact) mass is 339 g/mol.